The Hall–Kier alpha value is -0.860. The topological polar surface area (TPSA) is 29.5 Å². The van der Waals surface area contributed by atoms with Crippen molar-refractivity contribution in [3.05, 3.63) is 35.4 Å². The van der Waals surface area contributed by atoms with E-state index >= 15 is 0 Å². The van der Waals surface area contributed by atoms with Crippen molar-refractivity contribution < 1.29 is 9.84 Å². The largest absolute Gasteiger partial charge is 0.393 e. The van der Waals surface area contributed by atoms with Crippen molar-refractivity contribution in [1.82, 2.24) is 0 Å². The molecule has 1 heterocycles. The van der Waals surface area contributed by atoms with E-state index in [4.69, 9.17) is 4.74 Å². The molecule has 2 aliphatic rings. The molecule has 4 unspecified atom stereocenters. The van der Waals surface area contributed by atoms with Crippen LogP contribution in [0.5, 0.6) is 0 Å². The summed E-state index contributed by atoms with van der Waals surface area (Å²) in [6, 6.07) is 8.53. The van der Waals surface area contributed by atoms with Crippen LogP contribution in [0.2, 0.25) is 0 Å². The van der Waals surface area contributed by atoms with Crippen LogP contribution in [0.3, 0.4) is 0 Å². The van der Waals surface area contributed by atoms with Gasteiger partial charge in [-0.3, -0.25) is 0 Å². The van der Waals surface area contributed by atoms with E-state index in [1.54, 1.807) is 0 Å². The van der Waals surface area contributed by atoms with Crippen LogP contribution in [0, 0.1) is 11.8 Å². The van der Waals surface area contributed by atoms with Gasteiger partial charge in [0.25, 0.3) is 0 Å². The number of hydrogen-bond donors (Lipinski definition) is 1. The third kappa shape index (κ3) is 3.07. The summed E-state index contributed by atoms with van der Waals surface area (Å²) in [5, 5.41) is 10.6. The maximum absolute atomic E-state index is 10.6. The summed E-state index contributed by atoms with van der Waals surface area (Å²) < 4.78 is 5.93. The van der Waals surface area contributed by atoms with Gasteiger partial charge < -0.3 is 9.84 Å². The first kappa shape index (κ1) is 14.1. The average molecular weight is 274 g/mol. The average Bonchev–Trinajstić information content (AvgIpc) is 2.47. The SMILES string of the molecule is CC1CCCC(C(O)CC2OCCc3ccccc32)C1. The number of benzene rings is 1. The number of fused-ring (bicyclic) bond motifs is 1. The Kier molecular flexibility index (Phi) is 4.42. The van der Waals surface area contributed by atoms with E-state index in [9.17, 15) is 5.11 Å². The maximum Gasteiger partial charge on any atom is 0.0852 e. The zero-order chi connectivity index (χ0) is 13.9. The van der Waals surface area contributed by atoms with Gasteiger partial charge in [-0.1, -0.05) is 44.0 Å². The molecule has 1 aromatic carbocycles. The first-order chi connectivity index (χ1) is 9.74. The standard InChI is InChI=1S/C18H26O2/c1-13-5-4-7-15(11-13)17(19)12-18-16-8-3-2-6-14(16)9-10-20-18/h2-3,6,8,13,15,17-19H,4-5,7,9-12H2,1H3. The summed E-state index contributed by atoms with van der Waals surface area (Å²) in [6.45, 7) is 3.10. The lowest BCUT2D eigenvalue weighted by atomic mass is 9.77. The fraction of sp³-hybridized carbons (Fsp3) is 0.667. The molecule has 2 nitrogen and oxygen atoms in total. The zero-order valence-electron chi connectivity index (χ0n) is 12.4. The van der Waals surface area contributed by atoms with Crippen molar-refractivity contribution in [2.24, 2.45) is 11.8 Å². The molecule has 1 aromatic rings. The van der Waals surface area contributed by atoms with E-state index in [0.717, 1.165) is 25.4 Å². The Morgan fingerprint density at radius 1 is 1.30 bits per heavy atom. The van der Waals surface area contributed by atoms with Crippen molar-refractivity contribution in [2.45, 2.75) is 57.7 Å². The molecule has 3 rings (SSSR count). The van der Waals surface area contributed by atoms with Crippen LogP contribution < -0.4 is 0 Å². The van der Waals surface area contributed by atoms with Gasteiger partial charge >= 0.3 is 0 Å². The number of ether oxygens (including phenoxy) is 1. The minimum Gasteiger partial charge on any atom is -0.393 e. The van der Waals surface area contributed by atoms with Gasteiger partial charge in [0, 0.05) is 6.42 Å². The summed E-state index contributed by atoms with van der Waals surface area (Å²) in [5.41, 5.74) is 2.69. The van der Waals surface area contributed by atoms with Crippen LogP contribution in [-0.4, -0.2) is 17.8 Å². The summed E-state index contributed by atoms with van der Waals surface area (Å²) in [6.07, 6.45) is 6.59. The van der Waals surface area contributed by atoms with Gasteiger partial charge in [-0.25, -0.2) is 0 Å². The second-order valence-electron chi connectivity index (χ2n) is 6.64. The minimum atomic E-state index is -0.214. The molecule has 1 aliphatic carbocycles. The zero-order valence-corrected chi connectivity index (χ0v) is 12.4. The van der Waals surface area contributed by atoms with Crippen LogP contribution in [0.4, 0.5) is 0 Å². The number of rotatable bonds is 3. The van der Waals surface area contributed by atoms with Gasteiger partial charge in [-0.15, -0.1) is 0 Å². The molecule has 2 heteroatoms. The normalized spacial score (nSPS) is 31.6. The van der Waals surface area contributed by atoms with Gasteiger partial charge in [0.1, 0.15) is 0 Å². The fourth-order valence-corrected chi connectivity index (χ4v) is 3.91. The molecule has 20 heavy (non-hydrogen) atoms. The van der Waals surface area contributed by atoms with Crippen LogP contribution >= 0.6 is 0 Å². The van der Waals surface area contributed by atoms with Crippen LogP contribution in [0.15, 0.2) is 24.3 Å². The van der Waals surface area contributed by atoms with E-state index in [1.165, 1.54) is 36.8 Å². The summed E-state index contributed by atoms with van der Waals surface area (Å²) in [4.78, 5) is 0. The quantitative estimate of drug-likeness (QED) is 0.906. The van der Waals surface area contributed by atoms with Gasteiger partial charge in [0.2, 0.25) is 0 Å². The molecule has 1 N–H and O–H groups in total. The molecule has 4 atom stereocenters. The summed E-state index contributed by atoms with van der Waals surface area (Å²) >= 11 is 0. The fourth-order valence-electron chi connectivity index (χ4n) is 3.91. The van der Waals surface area contributed by atoms with E-state index in [-0.39, 0.29) is 12.2 Å². The highest BCUT2D eigenvalue weighted by atomic mass is 16.5. The summed E-state index contributed by atoms with van der Waals surface area (Å²) in [7, 11) is 0. The Labute approximate surface area is 122 Å². The second kappa shape index (κ2) is 6.28. The molecule has 0 saturated heterocycles. The lowest BCUT2D eigenvalue weighted by Gasteiger charge is -2.34. The third-order valence-electron chi connectivity index (χ3n) is 5.07. The number of hydrogen-bond acceptors (Lipinski definition) is 2. The van der Waals surface area contributed by atoms with Crippen molar-refractivity contribution in [3.63, 3.8) is 0 Å². The van der Waals surface area contributed by atoms with E-state index in [0.29, 0.717) is 5.92 Å². The van der Waals surface area contributed by atoms with E-state index in [1.807, 2.05) is 0 Å². The lowest BCUT2D eigenvalue weighted by molar-refractivity contribution is -0.0202. The van der Waals surface area contributed by atoms with Crippen molar-refractivity contribution in [2.75, 3.05) is 6.61 Å². The Morgan fingerprint density at radius 2 is 2.15 bits per heavy atom. The molecule has 0 spiro atoms. The predicted molar refractivity (Wildman–Crippen MR) is 80.6 cm³/mol. The first-order valence-electron chi connectivity index (χ1n) is 8.11. The molecule has 1 aliphatic heterocycles. The molecule has 0 amide bonds. The van der Waals surface area contributed by atoms with Crippen LogP contribution in [0.25, 0.3) is 0 Å². The lowest BCUT2D eigenvalue weighted by Crippen LogP contribution is -2.29. The van der Waals surface area contributed by atoms with Gasteiger partial charge in [0.05, 0.1) is 18.8 Å². The van der Waals surface area contributed by atoms with Crippen molar-refractivity contribution in [3.8, 4) is 0 Å². The predicted octanol–water partition coefficient (Wildman–Crippen LogP) is 3.88. The highest BCUT2D eigenvalue weighted by Crippen LogP contribution is 2.36. The molecule has 1 saturated carbocycles. The molecule has 1 fully saturated rings. The second-order valence-corrected chi connectivity index (χ2v) is 6.64. The Morgan fingerprint density at radius 3 is 3.00 bits per heavy atom. The van der Waals surface area contributed by atoms with Gasteiger partial charge in [0.15, 0.2) is 0 Å². The highest BCUT2D eigenvalue weighted by molar-refractivity contribution is 5.30. The molecule has 110 valence electrons. The maximum atomic E-state index is 10.6. The molecule has 0 bridgehead atoms. The van der Waals surface area contributed by atoms with E-state index in [2.05, 4.69) is 31.2 Å². The van der Waals surface area contributed by atoms with E-state index < -0.39 is 0 Å². The van der Waals surface area contributed by atoms with Crippen molar-refractivity contribution in [1.29, 1.82) is 0 Å². The molecular weight excluding hydrogens is 248 g/mol. The third-order valence-corrected chi connectivity index (χ3v) is 5.07. The van der Waals surface area contributed by atoms with Gasteiger partial charge in [-0.05, 0) is 42.2 Å². The van der Waals surface area contributed by atoms with Gasteiger partial charge in [-0.2, -0.15) is 0 Å². The Bertz CT molecular complexity index is 443. The number of aliphatic hydroxyl groups excluding tert-OH is 1. The summed E-state index contributed by atoms with van der Waals surface area (Å²) in [5.74, 6) is 1.24. The Balaban J connectivity index is 1.66. The van der Waals surface area contributed by atoms with Crippen LogP contribution in [-0.2, 0) is 11.2 Å². The van der Waals surface area contributed by atoms with Crippen molar-refractivity contribution >= 4 is 0 Å². The van der Waals surface area contributed by atoms with Crippen LogP contribution in [0.1, 0.15) is 56.3 Å². The molecule has 0 radical (unpaired) electrons. The molecule has 0 aromatic heterocycles. The first-order valence-corrected chi connectivity index (χ1v) is 8.11. The number of aliphatic hydroxyl groups is 1. The monoisotopic (exact) mass is 274 g/mol. The highest BCUT2D eigenvalue weighted by Gasteiger charge is 2.29. The smallest absolute Gasteiger partial charge is 0.0852 e. The molecular formula is C18H26O2. The minimum absolute atomic E-state index is 0.0900.